The summed E-state index contributed by atoms with van der Waals surface area (Å²) < 4.78 is 10.0. The molecule has 0 saturated carbocycles. The van der Waals surface area contributed by atoms with Crippen LogP contribution in [0.3, 0.4) is 0 Å². The van der Waals surface area contributed by atoms with E-state index in [2.05, 4.69) is 24.7 Å². The molecule has 0 aliphatic carbocycles. The molecule has 1 unspecified atom stereocenters. The van der Waals surface area contributed by atoms with Gasteiger partial charge in [-0.3, -0.25) is 4.79 Å². The normalized spacial score (nSPS) is 12.3. The molecule has 1 rings (SSSR count). The average molecular weight is 265 g/mol. The lowest BCUT2D eigenvalue weighted by atomic mass is 9.96. The summed E-state index contributed by atoms with van der Waals surface area (Å²) in [5, 5.41) is 0. The first-order chi connectivity index (χ1) is 8.99. The summed E-state index contributed by atoms with van der Waals surface area (Å²) in [6.07, 6.45) is 0.858. The Hall–Kier alpha value is -1.55. The fourth-order valence-corrected chi connectivity index (χ4v) is 1.92. The van der Waals surface area contributed by atoms with Gasteiger partial charge in [0.05, 0.1) is 14.2 Å². The molecule has 0 spiro atoms. The maximum absolute atomic E-state index is 11.1. The Morgan fingerprint density at radius 1 is 1.32 bits per heavy atom. The van der Waals surface area contributed by atoms with Crippen LogP contribution in [0.4, 0.5) is 0 Å². The van der Waals surface area contributed by atoms with Crippen LogP contribution in [-0.4, -0.2) is 20.2 Å². The zero-order valence-electron chi connectivity index (χ0n) is 12.1. The third kappa shape index (κ3) is 4.24. The minimum absolute atomic E-state index is 0.227. The Balaban J connectivity index is 2.84. The summed E-state index contributed by atoms with van der Waals surface area (Å²) in [6.45, 7) is 4.26. The first-order valence-electron chi connectivity index (χ1n) is 6.49. The lowest BCUT2D eigenvalue weighted by molar-refractivity contribution is -0.140. The molecule has 0 saturated heterocycles. The third-order valence-electron chi connectivity index (χ3n) is 3.21. The van der Waals surface area contributed by atoms with Gasteiger partial charge in [0.15, 0.2) is 0 Å². The van der Waals surface area contributed by atoms with Crippen molar-refractivity contribution in [1.29, 1.82) is 0 Å². The Labute approximate surface area is 114 Å². The van der Waals surface area contributed by atoms with E-state index in [1.165, 1.54) is 12.7 Å². The van der Waals surface area contributed by atoms with Crippen LogP contribution in [0.25, 0.3) is 0 Å². The first kappa shape index (κ1) is 15.5. The number of methoxy groups -OCH3 is 2. The molecule has 0 radical (unpaired) electrons. The van der Waals surface area contributed by atoms with Gasteiger partial charge < -0.3 is 15.2 Å². The molecule has 0 aromatic heterocycles. The molecule has 4 nitrogen and oxygen atoms in total. The van der Waals surface area contributed by atoms with Crippen LogP contribution in [0.5, 0.6) is 5.75 Å². The lowest BCUT2D eigenvalue weighted by Gasteiger charge is -2.17. The van der Waals surface area contributed by atoms with Gasteiger partial charge in [0.2, 0.25) is 0 Å². The molecule has 19 heavy (non-hydrogen) atoms. The lowest BCUT2D eigenvalue weighted by Crippen LogP contribution is -2.14. The second-order valence-electron chi connectivity index (χ2n) is 4.88. The summed E-state index contributed by atoms with van der Waals surface area (Å²) in [6, 6.07) is 5.82. The predicted molar refractivity (Wildman–Crippen MR) is 75.3 cm³/mol. The highest BCUT2D eigenvalue weighted by Crippen LogP contribution is 2.30. The zero-order valence-corrected chi connectivity index (χ0v) is 12.1. The number of nitrogens with two attached hydrogens (primary N) is 1. The van der Waals surface area contributed by atoms with E-state index in [4.69, 9.17) is 10.5 Å². The van der Waals surface area contributed by atoms with E-state index in [1.54, 1.807) is 7.11 Å². The smallest absolute Gasteiger partial charge is 0.305 e. The van der Waals surface area contributed by atoms with E-state index < -0.39 is 0 Å². The minimum atomic E-state index is -0.242. The van der Waals surface area contributed by atoms with Crippen LogP contribution >= 0.6 is 0 Å². The van der Waals surface area contributed by atoms with Gasteiger partial charge in [-0.05, 0) is 24.0 Å². The van der Waals surface area contributed by atoms with Crippen molar-refractivity contribution in [2.45, 2.75) is 38.6 Å². The molecule has 0 amide bonds. The van der Waals surface area contributed by atoms with Gasteiger partial charge in [-0.1, -0.05) is 26.0 Å². The number of carbonyl (C=O) groups excluding carboxylic acids is 1. The number of ether oxygens (including phenoxy) is 2. The van der Waals surface area contributed by atoms with Crippen molar-refractivity contribution in [3.05, 3.63) is 29.3 Å². The fourth-order valence-electron chi connectivity index (χ4n) is 1.92. The summed E-state index contributed by atoms with van der Waals surface area (Å²) in [7, 11) is 3.02. The highest BCUT2D eigenvalue weighted by atomic mass is 16.5. The molecule has 106 valence electrons. The number of hydrogen-bond acceptors (Lipinski definition) is 4. The highest BCUT2D eigenvalue weighted by molar-refractivity contribution is 5.69. The van der Waals surface area contributed by atoms with E-state index in [0.29, 0.717) is 18.8 Å². The maximum atomic E-state index is 11.1. The van der Waals surface area contributed by atoms with Crippen LogP contribution in [-0.2, 0) is 9.53 Å². The first-order valence-corrected chi connectivity index (χ1v) is 6.49. The molecule has 0 fully saturated rings. The van der Waals surface area contributed by atoms with Crippen LogP contribution in [0.15, 0.2) is 18.2 Å². The van der Waals surface area contributed by atoms with Crippen molar-refractivity contribution < 1.29 is 14.3 Å². The molecule has 0 aliphatic rings. The molecule has 0 bridgehead atoms. The van der Waals surface area contributed by atoms with Crippen molar-refractivity contribution in [1.82, 2.24) is 0 Å². The minimum Gasteiger partial charge on any atom is -0.496 e. The largest absolute Gasteiger partial charge is 0.496 e. The van der Waals surface area contributed by atoms with Crippen molar-refractivity contribution in [2.75, 3.05) is 14.2 Å². The summed E-state index contributed by atoms with van der Waals surface area (Å²) in [4.78, 5) is 11.1. The standard InChI is InChI=1S/C15H23NO3/c1-10(2)11-5-6-12(14(9-11)18-3)13(16)7-8-15(17)19-4/h5-6,9-10,13H,7-8,16H2,1-4H3. The summed E-state index contributed by atoms with van der Waals surface area (Å²) in [5.41, 5.74) is 8.25. The van der Waals surface area contributed by atoms with Gasteiger partial charge in [-0.25, -0.2) is 0 Å². The third-order valence-corrected chi connectivity index (χ3v) is 3.21. The molecule has 0 heterocycles. The highest BCUT2D eigenvalue weighted by Gasteiger charge is 2.15. The van der Waals surface area contributed by atoms with E-state index in [9.17, 15) is 4.79 Å². The van der Waals surface area contributed by atoms with E-state index >= 15 is 0 Å². The van der Waals surface area contributed by atoms with Crippen molar-refractivity contribution in [3.63, 3.8) is 0 Å². The number of esters is 1. The second kappa shape index (κ2) is 7.14. The molecule has 2 N–H and O–H groups in total. The van der Waals surface area contributed by atoms with Gasteiger partial charge >= 0.3 is 5.97 Å². The van der Waals surface area contributed by atoms with Gasteiger partial charge in [0.25, 0.3) is 0 Å². The number of carbonyl (C=O) groups is 1. The SMILES string of the molecule is COC(=O)CCC(N)c1ccc(C(C)C)cc1OC. The molecule has 1 aromatic rings. The molecule has 4 heteroatoms. The van der Waals surface area contributed by atoms with Crippen molar-refractivity contribution in [2.24, 2.45) is 5.73 Å². The van der Waals surface area contributed by atoms with Gasteiger partial charge in [0, 0.05) is 18.0 Å². The molecular weight excluding hydrogens is 242 g/mol. The van der Waals surface area contributed by atoms with Crippen LogP contribution in [0.1, 0.15) is 49.8 Å². The zero-order chi connectivity index (χ0) is 14.4. The van der Waals surface area contributed by atoms with E-state index in [-0.39, 0.29) is 12.0 Å². The Kier molecular flexibility index (Phi) is 5.83. The van der Waals surface area contributed by atoms with E-state index in [0.717, 1.165) is 11.3 Å². The topological polar surface area (TPSA) is 61.5 Å². The quantitative estimate of drug-likeness (QED) is 0.803. The van der Waals surface area contributed by atoms with Crippen LogP contribution in [0.2, 0.25) is 0 Å². The molecular formula is C15H23NO3. The number of hydrogen-bond donors (Lipinski definition) is 1. The maximum Gasteiger partial charge on any atom is 0.305 e. The molecule has 1 aromatic carbocycles. The Bertz CT molecular complexity index is 429. The second-order valence-corrected chi connectivity index (χ2v) is 4.88. The Morgan fingerprint density at radius 3 is 2.53 bits per heavy atom. The van der Waals surface area contributed by atoms with Crippen molar-refractivity contribution in [3.8, 4) is 5.75 Å². The van der Waals surface area contributed by atoms with Gasteiger partial charge in [0.1, 0.15) is 5.75 Å². The molecule has 1 atom stereocenters. The average Bonchev–Trinajstić information content (AvgIpc) is 2.43. The van der Waals surface area contributed by atoms with Crippen LogP contribution < -0.4 is 10.5 Å². The summed E-state index contributed by atoms with van der Waals surface area (Å²) >= 11 is 0. The number of benzene rings is 1. The van der Waals surface area contributed by atoms with Gasteiger partial charge in [-0.15, -0.1) is 0 Å². The monoisotopic (exact) mass is 265 g/mol. The fraction of sp³-hybridized carbons (Fsp3) is 0.533. The number of rotatable bonds is 6. The van der Waals surface area contributed by atoms with Gasteiger partial charge in [-0.2, -0.15) is 0 Å². The predicted octanol–water partition coefficient (Wildman–Crippen LogP) is 2.77. The van der Waals surface area contributed by atoms with Crippen LogP contribution in [0, 0.1) is 0 Å². The Morgan fingerprint density at radius 2 is 2.00 bits per heavy atom. The summed E-state index contributed by atoms with van der Waals surface area (Å²) in [5.74, 6) is 0.978. The van der Waals surface area contributed by atoms with E-state index in [1.807, 2.05) is 12.1 Å². The van der Waals surface area contributed by atoms with Crippen molar-refractivity contribution >= 4 is 5.97 Å². The molecule has 0 aliphatic heterocycles.